The average molecular weight is 429 g/mol. The molecule has 0 unspecified atom stereocenters. The lowest BCUT2D eigenvalue weighted by Gasteiger charge is -2.23. The normalized spacial score (nSPS) is 18.8. The van der Waals surface area contributed by atoms with Crippen molar-refractivity contribution in [3.05, 3.63) is 47.7 Å². The summed E-state index contributed by atoms with van der Waals surface area (Å²) < 4.78 is 59.9. The number of rotatable bonds is 6. The van der Waals surface area contributed by atoms with Gasteiger partial charge in [-0.2, -0.15) is 0 Å². The number of aromatic nitrogens is 2. The summed E-state index contributed by atoms with van der Waals surface area (Å²) in [7, 11) is 0. The van der Waals surface area contributed by atoms with Crippen molar-refractivity contribution in [1.82, 2.24) is 9.97 Å². The van der Waals surface area contributed by atoms with Crippen molar-refractivity contribution in [1.29, 1.82) is 0 Å². The Morgan fingerprint density at radius 2 is 1.97 bits per heavy atom. The van der Waals surface area contributed by atoms with Crippen molar-refractivity contribution in [2.24, 2.45) is 0 Å². The van der Waals surface area contributed by atoms with Crippen molar-refractivity contribution in [3.8, 4) is 5.75 Å². The molecule has 162 valence electrons. The van der Waals surface area contributed by atoms with Crippen LogP contribution < -0.4 is 9.64 Å². The number of nitrogens with zero attached hydrogens (tertiary/aromatic N) is 3. The third-order valence-corrected chi connectivity index (χ3v) is 4.64. The van der Waals surface area contributed by atoms with Crippen LogP contribution in [0.1, 0.15) is 31.2 Å². The van der Waals surface area contributed by atoms with E-state index < -0.39 is 30.4 Å². The van der Waals surface area contributed by atoms with E-state index in [9.17, 15) is 27.5 Å². The van der Waals surface area contributed by atoms with Crippen LogP contribution in [0.5, 0.6) is 5.75 Å². The zero-order valence-corrected chi connectivity index (χ0v) is 16.1. The third kappa shape index (κ3) is 4.96. The molecule has 1 aromatic heterocycles. The van der Waals surface area contributed by atoms with Crippen LogP contribution in [0.25, 0.3) is 0 Å². The molecule has 1 aliphatic heterocycles. The Morgan fingerprint density at radius 1 is 1.30 bits per heavy atom. The molecule has 1 fully saturated rings. The van der Waals surface area contributed by atoms with E-state index in [1.807, 2.05) is 0 Å². The summed E-state index contributed by atoms with van der Waals surface area (Å²) >= 11 is 0. The third-order valence-electron chi connectivity index (χ3n) is 4.64. The minimum absolute atomic E-state index is 0.0992. The number of aliphatic hydroxyl groups is 1. The Morgan fingerprint density at radius 3 is 2.57 bits per heavy atom. The van der Waals surface area contributed by atoms with Crippen LogP contribution in [-0.2, 0) is 11.2 Å². The number of halogens is 4. The van der Waals surface area contributed by atoms with Gasteiger partial charge in [0, 0.05) is 6.42 Å². The zero-order valence-electron chi connectivity index (χ0n) is 16.1. The molecule has 0 bridgehead atoms. The Hall–Kier alpha value is -2.95. The van der Waals surface area contributed by atoms with Crippen LogP contribution in [0, 0.1) is 5.82 Å². The van der Waals surface area contributed by atoms with Crippen molar-refractivity contribution < 1.29 is 36.9 Å². The molecule has 3 rings (SSSR count). The number of benzene rings is 1. The second-order valence-corrected chi connectivity index (χ2v) is 6.93. The molecular formula is C19H19F4N3O4. The number of carbonyl (C=O) groups is 1. The van der Waals surface area contributed by atoms with Crippen LogP contribution >= 0.6 is 0 Å². The number of aliphatic hydroxyl groups excluding tert-OH is 1. The molecular weight excluding hydrogens is 410 g/mol. The van der Waals surface area contributed by atoms with E-state index in [0.29, 0.717) is 5.56 Å². The molecule has 2 aromatic rings. The van der Waals surface area contributed by atoms with E-state index in [1.54, 1.807) is 6.92 Å². The fourth-order valence-corrected chi connectivity index (χ4v) is 3.09. The van der Waals surface area contributed by atoms with E-state index in [1.165, 1.54) is 31.2 Å². The summed E-state index contributed by atoms with van der Waals surface area (Å²) in [5.41, 5.74) is 0.696. The lowest BCUT2D eigenvalue weighted by molar-refractivity contribution is -0.274. The highest BCUT2D eigenvalue weighted by atomic mass is 19.4. The van der Waals surface area contributed by atoms with Crippen molar-refractivity contribution >= 4 is 11.9 Å². The fraction of sp³-hybridized carbons (Fsp3) is 0.421. The second kappa shape index (κ2) is 8.42. The van der Waals surface area contributed by atoms with Gasteiger partial charge < -0.3 is 14.6 Å². The maximum atomic E-state index is 14.3. The van der Waals surface area contributed by atoms with Crippen LogP contribution in [-0.4, -0.2) is 46.3 Å². The number of ether oxygens (including phenoxy) is 2. The van der Waals surface area contributed by atoms with Gasteiger partial charge in [-0.05, 0) is 30.5 Å². The second-order valence-electron chi connectivity index (χ2n) is 6.93. The van der Waals surface area contributed by atoms with Gasteiger partial charge in [-0.1, -0.05) is 19.1 Å². The number of anilines is 1. The molecule has 0 spiro atoms. The Balaban J connectivity index is 1.77. The number of carbonyl (C=O) groups excluding carboxylic acids is 1. The first-order chi connectivity index (χ1) is 14.0. The molecule has 3 atom stereocenters. The molecule has 1 N–H and O–H groups in total. The first-order valence-electron chi connectivity index (χ1n) is 9.06. The van der Waals surface area contributed by atoms with Gasteiger partial charge in [0.05, 0.1) is 12.3 Å². The summed E-state index contributed by atoms with van der Waals surface area (Å²) in [6.45, 7) is 3.15. The van der Waals surface area contributed by atoms with E-state index >= 15 is 0 Å². The summed E-state index contributed by atoms with van der Waals surface area (Å²) in [5, 5.41) is 9.83. The Kier molecular flexibility index (Phi) is 6.11. The monoisotopic (exact) mass is 429 g/mol. The molecule has 7 nitrogen and oxygen atoms in total. The lowest BCUT2D eigenvalue weighted by Crippen LogP contribution is -2.42. The topological polar surface area (TPSA) is 84.8 Å². The minimum Gasteiger partial charge on any atom is -0.447 e. The van der Waals surface area contributed by atoms with Crippen LogP contribution in [0.2, 0.25) is 0 Å². The average Bonchev–Trinajstić information content (AvgIpc) is 3.04. The van der Waals surface area contributed by atoms with Crippen molar-refractivity contribution in [2.75, 3.05) is 11.5 Å². The highest BCUT2D eigenvalue weighted by molar-refractivity contribution is 5.89. The van der Waals surface area contributed by atoms with Crippen LogP contribution in [0.15, 0.2) is 30.5 Å². The molecule has 30 heavy (non-hydrogen) atoms. The fourth-order valence-electron chi connectivity index (χ4n) is 3.09. The van der Waals surface area contributed by atoms with Gasteiger partial charge in [0.1, 0.15) is 24.2 Å². The Bertz CT molecular complexity index is 906. The first-order valence-corrected chi connectivity index (χ1v) is 9.06. The number of hydrogen-bond acceptors (Lipinski definition) is 6. The van der Waals surface area contributed by atoms with E-state index in [-0.39, 0.29) is 36.3 Å². The molecule has 1 amide bonds. The SMILES string of the molecule is C[C@H](Cc1ncc(F)c(N2C(=O)OC[C@@H]2[C@@H](C)O)n1)c1ccc(OC(F)(F)F)cc1. The van der Waals surface area contributed by atoms with E-state index in [2.05, 4.69) is 14.7 Å². The Labute approximate surface area is 169 Å². The number of alkyl halides is 3. The molecule has 11 heteroatoms. The number of hydrogen-bond donors (Lipinski definition) is 1. The smallest absolute Gasteiger partial charge is 0.447 e. The van der Waals surface area contributed by atoms with Crippen LogP contribution in [0.3, 0.4) is 0 Å². The summed E-state index contributed by atoms with van der Waals surface area (Å²) in [4.78, 5) is 21.0. The van der Waals surface area contributed by atoms with Gasteiger partial charge >= 0.3 is 12.5 Å². The molecule has 1 aliphatic rings. The standard InChI is InChI=1S/C19H19F4N3O4/c1-10(12-3-5-13(6-4-12)30-19(21,22)23)7-16-24-8-14(20)17(25-16)26-15(11(2)27)9-29-18(26)28/h3-6,8,10-11,15,27H,7,9H2,1-2H3/t10-,11-,15-/m1/s1. The molecule has 1 aromatic carbocycles. The maximum Gasteiger partial charge on any atom is 0.573 e. The van der Waals surface area contributed by atoms with Gasteiger partial charge in [0.2, 0.25) is 0 Å². The van der Waals surface area contributed by atoms with Gasteiger partial charge in [0.15, 0.2) is 11.6 Å². The van der Waals surface area contributed by atoms with Gasteiger partial charge in [-0.15, -0.1) is 13.2 Å². The lowest BCUT2D eigenvalue weighted by atomic mass is 9.97. The van der Waals surface area contributed by atoms with Crippen molar-refractivity contribution in [3.63, 3.8) is 0 Å². The predicted octanol–water partition coefficient (Wildman–Crippen LogP) is 3.57. The van der Waals surface area contributed by atoms with Gasteiger partial charge in [0.25, 0.3) is 0 Å². The molecule has 0 aliphatic carbocycles. The zero-order chi connectivity index (χ0) is 22.1. The maximum absolute atomic E-state index is 14.3. The summed E-state index contributed by atoms with van der Waals surface area (Å²) in [6, 6.07) is 4.58. The molecule has 0 radical (unpaired) electrons. The summed E-state index contributed by atoms with van der Waals surface area (Å²) in [5.74, 6) is -1.48. The summed E-state index contributed by atoms with van der Waals surface area (Å²) in [6.07, 6.45) is -5.40. The minimum atomic E-state index is -4.77. The first kappa shape index (κ1) is 21.8. The molecule has 2 heterocycles. The quantitative estimate of drug-likeness (QED) is 0.707. The highest BCUT2D eigenvalue weighted by Crippen LogP contribution is 2.28. The predicted molar refractivity (Wildman–Crippen MR) is 96.5 cm³/mol. The van der Waals surface area contributed by atoms with Crippen molar-refractivity contribution in [2.45, 2.75) is 44.7 Å². The van der Waals surface area contributed by atoms with Crippen LogP contribution in [0.4, 0.5) is 28.2 Å². The number of cyclic esters (lactones) is 1. The highest BCUT2D eigenvalue weighted by Gasteiger charge is 2.39. The molecule has 0 saturated carbocycles. The van der Waals surface area contributed by atoms with E-state index in [0.717, 1.165) is 11.1 Å². The van der Waals surface area contributed by atoms with Gasteiger partial charge in [-0.3, -0.25) is 0 Å². The number of amides is 1. The largest absolute Gasteiger partial charge is 0.573 e. The van der Waals surface area contributed by atoms with Gasteiger partial charge in [-0.25, -0.2) is 24.1 Å². The molecule has 1 saturated heterocycles. The van der Waals surface area contributed by atoms with E-state index in [4.69, 9.17) is 4.74 Å².